The van der Waals surface area contributed by atoms with E-state index in [-0.39, 0.29) is 17.9 Å². The fourth-order valence-electron chi connectivity index (χ4n) is 4.40. The first-order chi connectivity index (χ1) is 15.6. The number of rotatable bonds is 5. The number of aromatic nitrogens is 1. The molecule has 0 radical (unpaired) electrons. The first-order valence-electron chi connectivity index (χ1n) is 10.9. The third-order valence-electron chi connectivity index (χ3n) is 6.26. The largest absolute Gasteiger partial charge is 0.381 e. The van der Waals surface area contributed by atoms with Crippen LogP contribution in [0, 0.1) is 5.92 Å². The molecule has 4 rings (SSSR count). The standard InChI is InChI=1S/C25H29N5O2/c1-17(14-27-16-26-2)19-8-11-22-23(13-19)30(15-20-5-4-12-28-24(20)29-22)25(31)18-6-9-21(32-3)10-7-18/h4-5,8,11-14,16,18,21H,2,6-7,9-10,15H2,1,3H3,(H,28,29)/b17-14+,27-16?. The Hall–Kier alpha value is -3.32. The predicted molar refractivity (Wildman–Crippen MR) is 130 cm³/mol. The molecule has 2 aromatic rings. The summed E-state index contributed by atoms with van der Waals surface area (Å²) in [5, 5.41) is 3.43. The molecule has 1 aliphatic carbocycles. The second kappa shape index (κ2) is 9.87. The van der Waals surface area contributed by atoms with Crippen LogP contribution >= 0.6 is 0 Å². The summed E-state index contributed by atoms with van der Waals surface area (Å²) in [6.07, 6.45) is 8.70. The first kappa shape index (κ1) is 21.9. The zero-order valence-electron chi connectivity index (χ0n) is 18.6. The van der Waals surface area contributed by atoms with Crippen LogP contribution in [0.1, 0.15) is 43.7 Å². The molecule has 0 atom stereocenters. The van der Waals surface area contributed by atoms with E-state index in [4.69, 9.17) is 4.74 Å². The molecule has 0 saturated heterocycles. The lowest BCUT2D eigenvalue weighted by atomic mass is 9.86. The van der Waals surface area contributed by atoms with Gasteiger partial charge < -0.3 is 15.0 Å². The van der Waals surface area contributed by atoms with Crippen molar-refractivity contribution in [1.82, 2.24) is 4.98 Å². The van der Waals surface area contributed by atoms with Gasteiger partial charge in [-0.3, -0.25) is 9.79 Å². The van der Waals surface area contributed by atoms with Crippen molar-refractivity contribution in [3.63, 3.8) is 0 Å². The molecule has 2 aliphatic rings. The number of nitrogens with one attached hydrogen (secondary N) is 1. The number of hydrogen-bond donors (Lipinski definition) is 1. The number of fused-ring (bicyclic) bond motifs is 2. The normalized spacial score (nSPS) is 20.8. The van der Waals surface area contributed by atoms with Crippen molar-refractivity contribution >= 4 is 41.7 Å². The highest BCUT2D eigenvalue weighted by Gasteiger charge is 2.33. The number of benzene rings is 1. The Labute approximate surface area is 188 Å². The molecular weight excluding hydrogens is 402 g/mol. The third-order valence-corrected chi connectivity index (χ3v) is 6.26. The van der Waals surface area contributed by atoms with E-state index in [1.165, 1.54) is 6.34 Å². The number of methoxy groups -OCH3 is 1. The van der Waals surface area contributed by atoms with Crippen LogP contribution in [0.15, 0.2) is 52.7 Å². The molecule has 7 heteroatoms. The number of carbonyl (C=O) groups excluding carboxylic acids is 1. The van der Waals surface area contributed by atoms with Crippen molar-refractivity contribution in [2.75, 3.05) is 17.3 Å². The van der Waals surface area contributed by atoms with Crippen molar-refractivity contribution in [1.29, 1.82) is 0 Å². The van der Waals surface area contributed by atoms with Crippen molar-refractivity contribution in [3.05, 3.63) is 53.9 Å². The Morgan fingerprint density at radius 2 is 2.09 bits per heavy atom. The minimum atomic E-state index is -0.00367. The lowest BCUT2D eigenvalue weighted by Crippen LogP contribution is -2.38. The van der Waals surface area contributed by atoms with Crippen LogP contribution in [-0.4, -0.2) is 37.2 Å². The van der Waals surface area contributed by atoms with Crippen molar-refractivity contribution in [2.45, 2.75) is 45.3 Å². The van der Waals surface area contributed by atoms with Crippen LogP contribution in [0.4, 0.5) is 17.2 Å². The molecule has 166 valence electrons. The van der Waals surface area contributed by atoms with E-state index in [9.17, 15) is 4.79 Å². The highest BCUT2D eigenvalue weighted by atomic mass is 16.5. The summed E-state index contributed by atoms with van der Waals surface area (Å²) in [7, 11) is 1.75. The molecule has 1 aliphatic heterocycles. The van der Waals surface area contributed by atoms with Gasteiger partial charge in [0.25, 0.3) is 0 Å². The number of nitrogens with zero attached hydrogens (tertiary/aromatic N) is 4. The van der Waals surface area contributed by atoms with Gasteiger partial charge in [-0.1, -0.05) is 12.1 Å². The Morgan fingerprint density at radius 1 is 1.28 bits per heavy atom. The van der Waals surface area contributed by atoms with Crippen LogP contribution in [0.2, 0.25) is 0 Å². The van der Waals surface area contributed by atoms with Crippen molar-refractivity contribution in [2.24, 2.45) is 15.9 Å². The average molecular weight is 432 g/mol. The number of carbonyl (C=O) groups is 1. The minimum absolute atomic E-state index is 0.00367. The van der Waals surface area contributed by atoms with E-state index in [1.54, 1.807) is 19.5 Å². The van der Waals surface area contributed by atoms with Gasteiger partial charge in [0.15, 0.2) is 0 Å². The monoisotopic (exact) mass is 431 g/mol. The molecule has 1 N–H and O–H groups in total. The second-order valence-electron chi connectivity index (χ2n) is 8.26. The summed E-state index contributed by atoms with van der Waals surface area (Å²) in [6.45, 7) is 5.88. The Balaban J connectivity index is 1.71. The fraction of sp³-hybridized carbons (Fsp3) is 0.360. The van der Waals surface area contributed by atoms with Crippen LogP contribution < -0.4 is 10.2 Å². The van der Waals surface area contributed by atoms with E-state index in [1.807, 2.05) is 36.1 Å². The van der Waals surface area contributed by atoms with E-state index >= 15 is 0 Å². The number of hydrogen-bond acceptors (Lipinski definition) is 5. The summed E-state index contributed by atoms with van der Waals surface area (Å²) in [5.74, 6) is 0.941. The molecule has 1 amide bonds. The molecule has 1 saturated carbocycles. The van der Waals surface area contributed by atoms with Gasteiger partial charge in [-0.15, -0.1) is 0 Å². The summed E-state index contributed by atoms with van der Waals surface area (Å²) >= 11 is 0. The molecule has 1 aromatic heterocycles. The Bertz CT molecular complexity index is 1050. The number of amides is 1. The molecule has 1 fully saturated rings. The van der Waals surface area contributed by atoms with Crippen molar-refractivity contribution in [3.8, 4) is 0 Å². The molecule has 32 heavy (non-hydrogen) atoms. The maximum Gasteiger partial charge on any atom is 0.230 e. The topological polar surface area (TPSA) is 79.2 Å². The van der Waals surface area contributed by atoms with Crippen LogP contribution in [0.3, 0.4) is 0 Å². The molecule has 1 aromatic carbocycles. The molecule has 0 spiro atoms. The fourth-order valence-corrected chi connectivity index (χ4v) is 4.40. The highest BCUT2D eigenvalue weighted by Crippen LogP contribution is 2.39. The van der Waals surface area contributed by atoms with E-state index in [2.05, 4.69) is 33.1 Å². The SMILES string of the molecule is C=NC=N/C=C(\C)c1ccc2c(c1)N(C(=O)C1CCC(OC)CC1)Cc1cccnc1N2. The summed E-state index contributed by atoms with van der Waals surface area (Å²) in [5.41, 5.74) is 4.69. The van der Waals surface area contributed by atoms with E-state index in [0.717, 1.165) is 59.6 Å². The zero-order valence-corrected chi connectivity index (χ0v) is 18.6. The Kier molecular flexibility index (Phi) is 6.75. The number of ether oxygens (including phenoxy) is 1. The van der Waals surface area contributed by atoms with Gasteiger partial charge in [0, 0.05) is 31.0 Å². The lowest BCUT2D eigenvalue weighted by Gasteiger charge is -2.32. The quantitative estimate of drug-likeness (QED) is 0.536. The van der Waals surface area contributed by atoms with Gasteiger partial charge in [0.2, 0.25) is 5.91 Å². The van der Waals surface area contributed by atoms with E-state index in [0.29, 0.717) is 6.54 Å². The summed E-state index contributed by atoms with van der Waals surface area (Å²) < 4.78 is 5.50. The lowest BCUT2D eigenvalue weighted by molar-refractivity contribution is -0.124. The maximum atomic E-state index is 13.7. The second-order valence-corrected chi connectivity index (χ2v) is 8.26. The maximum absolute atomic E-state index is 13.7. The van der Waals surface area contributed by atoms with Gasteiger partial charge in [-0.25, -0.2) is 9.98 Å². The molecule has 0 unspecified atom stereocenters. The number of anilines is 3. The van der Waals surface area contributed by atoms with Crippen molar-refractivity contribution < 1.29 is 9.53 Å². The number of pyridine rings is 1. The third kappa shape index (κ3) is 4.62. The number of allylic oxidation sites excluding steroid dienone is 1. The molecular formula is C25H29N5O2. The van der Waals surface area contributed by atoms with E-state index < -0.39 is 0 Å². The zero-order chi connectivity index (χ0) is 22.5. The summed E-state index contributed by atoms with van der Waals surface area (Å²) in [4.78, 5) is 27.9. The Morgan fingerprint density at radius 3 is 2.84 bits per heavy atom. The van der Waals surface area contributed by atoms with Crippen LogP contribution in [-0.2, 0) is 16.1 Å². The van der Waals surface area contributed by atoms with Crippen LogP contribution in [0.5, 0.6) is 0 Å². The van der Waals surface area contributed by atoms with Gasteiger partial charge in [0.1, 0.15) is 12.2 Å². The average Bonchev–Trinajstić information content (AvgIpc) is 3.00. The molecule has 2 heterocycles. The van der Waals surface area contributed by atoms with Crippen LogP contribution in [0.25, 0.3) is 5.57 Å². The minimum Gasteiger partial charge on any atom is -0.381 e. The van der Waals surface area contributed by atoms with Gasteiger partial charge in [-0.2, -0.15) is 0 Å². The smallest absolute Gasteiger partial charge is 0.230 e. The first-order valence-corrected chi connectivity index (χ1v) is 10.9. The van der Waals surface area contributed by atoms with Gasteiger partial charge in [0.05, 0.1) is 24.0 Å². The predicted octanol–water partition coefficient (Wildman–Crippen LogP) is 4.97. The van der Waals surface area contributed by atoms with Gasteiger partial charge >= 0.3 is 0 Å². The molecule has 7 nitrogen and oxygen atoms in total. The molecule has 0 bridgehead atoms. The van der Waals surface area contributed by atoms with Gasteiger partial charge in [-0.05, 0) is 68.7 Å². The summed E-state index contributed by atoms with van der Waals surface area (Å²) in [6, 6.07) is 10.0. The highest BCUT2D eigenvalue weighted by molar-refractivity contribution is 6.00. The number of aliphatic imine (C=N–C) groups is 2.